The van der Waals surface area contributed by atoms with E-state index in [0.717, 1.165) is 31.5 Å². The van der Waals surface area contributed by atoms with Crippen molar-refractivity contribution in [1.82, 2.24) is 10.2 Å². The standard InChI is InChI=1S/C30H34N4O3/c1-22(23-10-5-4-6-11-23)32-29(36)25-12-9-13-27(20-25)31-21-28(35)33-26-16-14-24(15-17-26)30(37)34-18-7-2-3-8-19-34/h4-6,9-17,20,22,31H,2-3,7-8,18-19,21H2,1H3,(H,32,36)(H,33,35). The molecular weight excluding hydrogens is 464 g/mol. The van der Waals surface area contributed by atoms with Crippen molar-refractivity contribution in [1.29, 1.82) is 0 Å². The van der Waals surface area contributed by atoms with Gasteiger partial charge in [-0.15, -0.1) is 0 Å². The highest BCUT2D eigenvalue weighted by Gasteiger charge is 2.17. The van der Waals surface area contributed by atoms with Crippen molar-refractivity contribution < 1.29 is 14.4 Å². The summed E-state index contributed by atoms with van der Waals surface area (Å²) in [6, 6.07) is 23.7. The third-order valence-electron chi connectivity index (χ3n) is 6.53. The van der Waals surface area contributed by atoms with Gasteiger partial charge in [0, 0.05) is 35.6 Å². The van der Waals surface area contributed by atoms with Gasteiger partial charge in [-0.2, -0.15) is 0 Å². The normalized spacial score (nSPS) is 14.2. The highest BCUT2D eigenvalue weighted by molar-refractivity contribution is 5.97. The first-order chi connectivity index (χ1) is 18.0. The minimum atomic E-state index is -0.223. The Kier molecular flexibility index (Phi) is 8.92. The van der Waals surface area contributed by atoms with E-state index in [1.54, 1.807) is 42.5 Å². The topological polar surface area (TPSA) is 90.5 Å². The van der Waals surface area contributed by atoms with E-state index < -0.39 is 0 Å². The Labute approximate surface area is 218 Å². The summed E-state index contributed by atoms with van der Waals surface area (Å²) in [6.45, 7) is 3.59. The first-order valence-corrected chi connectivity index (χ1v) is 12.9. The maximum Gasteiger partial charge on any atom is 0.253 e. The van der Waals surface area contributed by atoms with Crippen LogP contribution in [0, 0.1) is 0 Å². The predicted molar refractivity (Wildman–Crippen MR) is 147 cm³/mol. The molecule has 1 unspecified atom stereocenters. The SMILES string of the molecule is CC(NC(=O)c1cccc(NCC(=O)Nc2ccc(C(=O)N3CCCCCC3)cc2)c1)c1ccccc1. The largest absolute Gasteiger partial charge is 0.376 e. The molecule has 0 bridgehead atoms. The Morgan fingerprint density at radius 1 is 0.784 bits per heavy atom. The third kappa shape index (κ3) is 7.43. The van der Waals surface area contributed by atoms with E-state index in [1.807, 2.05) is 48.2 Å². The smallest absolute Gasteiger partial charge is 0.253 e. The molecule has 1 atom stereocenters. The van der Waals surface area contributed by atoms with Gasteiger partial charge in [-0.25, -0.2) is 0 Å². The Morgan fingerprint density at radius 3 is 2.19 bits per heavy atom. The zero-order valence-corrected chi connectivity index (χ0v) is 21.2. The Morgan fingerprint density at radius 2 is 1.49 bits per heavy atom. The molecule has 1 heterocycles. The number of nitrogens with one attached hydrogen (secondary N) is 3. The summed E-state index contributed by atoms with van der Waals surface area (Å²) in [4.78, 5) is 39.9. The number of amides is 3. The fraction of sp³-hybridized carbons (Fsp3) is 0.300. The number of likely N-dealkylation sites (tertiary alicyclic amines) is 1. The summed E-state index contributed by atoms with van der Waals surface area (Å²) in [5, 5.41) is 8.92. The molecule has 192 valence electrons. The average Bonchev–Trinajstić information content (AvgIpc) is 3.22. The lowest BCUT2D eigenvalue weighted by molar-refractivity contribution is -0.114. The molecule has 37 heavy (non-hydrogen) atoms. The van der Waals surface area contributed by atoms with Gasteiger partial charge in [0.25, 0.3) is 11.8 Å². The van der Waals surface area contributed by atoms with Crippen molar-refractivity contribution in [3.05, 3.63) is 95.6 Å². The quantitative estimate of drug-likeness (QED) is 0.396. The molecule has 3 aromatic carbocycles. The molecule has 1 aliphatic rings. The van der Waals surface area contributed by atoms with Crippen LogP contribution in [0.1, 0.15) is 64.9 Å². The lowest BCUT2D eigenvalue weighted by atomic mass is 10.1. The maximum absolute atomic E-state index is 12.8. The van der Waals surface area contributed by atoms with Gasteiger partial charge in [-0.1, -0.05) is 49.2 Å². The first kappa shape index (κ1) is 25.9. The van der Waals surface area contributed by atoms with Crippen LogP contribution in [0.5, 0.6) is 0 Å². The van der Waals surface area contributed by atoms with Crippen LogP contribution in [-0.2, 0) is 4.79 Å². The van der Waals surface area contributed by atoms with Crippen molar-refractivity contribution in [2.45, 2.75) is 38.6 Å². The maximum atomic E-state index is 12.8. The summed E-state index contributed by atoms with van der Waals surface area (Å²) >= 11 is 0. The minimum Gasteiger partial charge on any atom is -0.376 e. The lowest BCUT2D eigenvalue weighted by Gasteiger charge is -2.20. The Hall–Kier alpha value is -4.13. The summed E-state index contributed by atoms with van der Waals surface area (Å²) in [5.74, 6) is -0.359. The molecule has 3 N–H and O–H groups in total. The number of hydrogen-bond donors (Lipinski definition) is 3. The number of nitrogens with zero attached hydrogens (tertiary/aromatic N) is 1. The average molecular weight is 499 g/mol. The van der Waals surface area contributed by atoms with Crippen molar-refractivity contribution in [2.24, 2.45) is 0 Å². The molecule has 4 rings (SSSR count). The van der Waals surface area contributed by atoms with Crippen LogP contribution in [-0.4, -0.2) is 42.3 Å². The third-order valence-corrected chi connectivity index (χ3v) is 6.53. The van der Waals surface area contributed by atoms with Crippen LogP contribution in [0.3, 0.4) is 0 Å². The minimum absolute atomic E-state index is 0.0416. The van der Waals surface area contributed by atoms with Gasteiger partial charge in [-0.3, -0.25) is 14.4 Å². The number of anilines is 2. The van der Waals surface area contributed by atoms with E-state index in [0.29, 0.717) is 22.5 Å². The highest BCUT2D eigenvalue weighted by atomic mass is 16.2. The number of hydrogen-bond acceptors (Lipinski definition) is 4. The van der Waals surface area contributed by atoms with E-state index in [4.69, 9.17) is 0 Å². The van der Waals surface area contributed by atoms with Crippen LogP contribution >= 0.6 is 0 Å². The molecule has 0 spiro atoms. The fourth-order valence-electron chi connectivity index (χ4n) is 4.42. The van der Waals surface area contributed by atoms with E-state index in [1.165, 1.54) is 12.8 Å². The number of carbonyl (C=O) groups excluding carboxylic acids is 3. The predicted octanol–water partition coefficient (Wildman–Crippen LogP) is 5.24. The zero-order chi connectivity index (χ0) is 26.0. The van der Waals surface area contributed by atoms with Crippen LogP contribution in [0.15, 0.2) is 78.9 Å². The lowest BCUT2D eigenvalue weighted by Crippen LogP contribution is -2.31. The van der Waals surface area contributed by atoms with Crippen LogP contribution < -0.4 is 16.0 Å². The molecule has 0 saturated carbocycles. The van der Waals surface area contributed by atoms with E-state index in [2.05, 4.69) is 16.0 Å². The highest BCUT2D eigenvalue weighted by Crippen LogP contribution is 2.17. The molecule has 3 amide bonds. The molecule has 0 radical (unpaired) electrons. The molecule has 1 saturated heterocycles. The monoisotopic (exact) mass is 498 g/mol. The second kappa shape index (κ2) is 12.7. The summed E-state index contributed by atoms with van der Waals surface area (Å²) in [5.41, 5.74) is 3.48. The Bertz CT molecular complexity index is 1200. The zero-order valence-electron chi connectivity index (χ0n) is 21.2. The second-order valence-corrected chi connectivity index (χ2v) is 9.37. The molecule has 0 aliphatic carbocycles. The number of carbonyl (C=O) groups is 3. The van der Waals surface area contributed by atoms with Crippen molar-refractivity contribution in [3.63, 3.8) is 0 Å². The Balaban J connectivity index is 1.27. The van der Waals surface area contributed by atoms with Crippen molar-refractivity contribution in [2.75, 3.05) is 30.3 Å². The van der Waals surface area contributed by atoms with E-state index in [-0.39, 0.29) is 30.3 Å². The summed E-state index contributed by atoms with van der Waals surface area (Å²) < 4.78 is 0. The molecular formula is C30H34N4O3. The van der Waals surface area contributed by atoms with Crippen LogP contribution in [0.4, 0.5) is 11.4 Å². The molecule has 1 aliphatic heterocycles. The number of benzene rings is 3. The van der Waals surface area contributed by atoms with Gasteiger partial charge in [0.05, 0.1) is 12.6 Å². The van der Waals surface area contributed by atoms with Gasteiger partial charge in [0.1, 0.15) is 0 Å². The van der Waals surface area contributed by atoms with Gasteiger partial charge in [0.15, 0.2) is 0 Å². The van der Waals surface area contributed by atoms with E-state index >= 15 is 0 Å². The van der Waals surface area contributed by atoms with Crippen LogP contribution in [0.2, 0.25) is 0 Å². The van der Waals surface area contributed by atoms with Gasteiger partial charge >= 0.3 is 0 Å². The first-order valence-electron chi connectivity index (χ1n) is 12.9. The number of rotatable bonds is 8. The summed E-state index contributed by atoms with van der Waals surface area (Å²) in [7, 11) is 0. The second-order valence-electron chi connectivity index (χ2n) is 9.37. The van der Waals surface area contributed by atoms with Crippen molar-refractivity contribution in [3.8, 4) is 0 Å². The van der Waals surface area contributed by atoms with Gasteiger partial charge < -0.3 is 20.9 Å². The molecule has 3 aromatic rings. The molecule has 0 aromatic heterocycles. The summed E-state index contributed by atoms with van der Waals surface area (Å²) in [6.07, 6.45) is 4.45. The van der Waals surface area contributed by atoms with Gasteiger partial charge in [-0.05, 0) is 67.8 Å². The van der Waals surface area contributed by atoms with Crippen molar-refractivity contribution >= 4 is 29.1 Å². The van der Waals surface area contributed by atoms with E-state index in [9.17, 15) is 14.4 Å². The molecule has 7 nitrogen and oxygen atoms in total. The molecule has 7 heteroatoms. The fourth-order valence-corrected chi connectivity index (χ4v) is 4.42. The van der Waals surface area contributed by atoms with Gasteiger partial charge in [0.2, 0.25) is 5.91 Å². The van der Waals surface area contributed by atoms with Crippen LogP contribution in [0.25, 0.3) is 0 Å². The molecule has 1 fully saturated rings.